The first-order valence-corrected chi connectivity index (χ1v) is 9.52. The van der Waals surface area contributed by atoms with Crippen LogP contribution in [0.1, 0.15) is 46.7 Å². The standard InChI is InChI=1S/C21H27N5O/c1-5-26-15(3)18(14(2)24-26)10-25-11-19(21-20(12-25)22-13-23-21)16-6-8-17(27-4)9-7-16/h6-9,13,19H,5,10-12H2,1-4H3,(H,22,23). The van der Waals surface area contributed by atoms with Crippen LogP contribution in [0, 0.1) is 13.8 Å². The van der Waals surface area contributed by atoms with Crippen LogP contribution in [0.5, 0.6) is 5.75 Å². The Morgan fingerprint density at radius 3 is 2.67 bits per heavy atom. The average Bonchev–Trinajstić information content (AvgIpc) is 3.27. The molecule has 1 N–H and O–H groups in total. The van der Waals surface area contributed by atoms with Crippen LogP contribution in [0.4, 0.5) is 0 Å². The molecule has 0 amide bonds. The summed E-state index contributed by atoms with van der Waals surface area (Å²) < 4.78 is 7.40. The minimum absolute atomic E-state index is 0.257. The van der Waals surface area contributed by atoms with E-state index in [4.69, 9.17) is 4.74 Å². The van der Waals surface area contributed by atoms with E-state index < -0.39 is 0 Å². The third-order valence-electron chi connectivity index (χ3n) is 5.63. The molecule has 142 valence electrons. The van der Waals surface area contributed by atoms with Crippen molar-refractivity contribution in [1.29, 1.82) is 0 Å². The van der Waals surface area contributed by atoms with Crippen molar-refractivity contribution in [3.63, 3.8) is 0 Å². The zero-order valence-electron chi connectivity index (χ0n) is 16.5. The maximum Gasteiger partial charge on any atom is 0.118 e. The molecular weight excluding hydrogens is 338 g/mol. The molecule has 0 saturated carbocycles. The van der Waals surface area contributed by atoms with Crippen LogP contribution in [-0.2, 0) is 19.6 Å². The number of nitrogens with one attached hydrogen (secondary N) is 1. The number of aromatic amines is 1. The first-order valence-electron chi connectivity index (χ1n) is 9.52. The normalized spacial score (nSPS) is 17.1. The van der Waals surface area contributed by atoms with Gasteiger partial charge in [0.25, 0.3) is 0 Å². The maximum absolute atomic E-state index is 5.31. The van der Waals surface area contributed by atoms with E-state index in [1.807, 2.05) is 18.5 Å². The average molecular weight is 365 g/mol. The Morgan fingerprint density at radius 2 is 2.00 bits per heavy atom. The zero-order chi connectivity index (χ0) is 19.0. The van der Waals surface area contributed by atoms with Gasteiger partial charge >= 0.3 is 0 Å². The fourth-order valence-corrected chi connectivity index (χ4v) is 4.11. The van der Waals surface area contributed by atoms with Crippen LogP contribution in [-0.4, -0.2) is 38.3 Å². The highest BCUT2D eigenvalue weighted by atomic mass is 16.5. The second-order valence-corrected chi connectivity index (χ2v) is 7.23. The largest absolute Gasteiger partial charge is 0.497 e. The molecule has 1 unspecified atom stereocenters. The van der Waals surface area contributed by atoms with Gasteiger partial charge in [-0.2, -0.15) is 5.10 Å². The summed E-state index contributed by atoms with van der Waals surface area (Å²) >= 11 is 0. The molecule has 2 aromatic heterocycles. The molecule has 0 bridgehead atoms. The third-order valence-corrected chi connectivity index (χ3v) is 5.63. The van der Waals surface area contributed by atoms with E-state index >= 15 is 0 Å². The minimum Gasteiger partial charge on any atom is -0.497 e. The van der Waals surface area contributed by atoms with Crippen molar-refractivity contribution in [2.24, 2.45) is 0 Å². The SMILES string of the molecule is CCn1nc(C)c(CN2Cc3[nH]cnc3C(c3ccc(OC)cc3)C2)c1C. The van der Waals surface area contributed by atoms with Gasteiger partial charge in [-0.3, -0.25) is 9.58 Å². The highest BCUT2D eigenvalue weighted by Crippen LogP contribution is 2.33. The summed E-state index contributed by atoms with van der Waals surface area (Å²) in [6, 6.07) is 8.36. The second kappa shape index (κ2) is 7.19. The Morgan fingerprint density at radius 1 is 1.22 bits per heavy atom. The number of methoxy groups -OCH3 is 1. The molecule has 0 radical (unpaired) electrons. The van der Waals surface area contributed by atoms with Gasteiger partial charge < -0.3 is 9.72 Å². The molecule has 0 saturated heterocycles. The molecule has 0 fully saturated rings. The van der Waals surface area contributed by atoms with Gasteiger partial charge in [-0.1, -0.05) is 12.1 Å². The molecule has 1 aliphatic rings. The minimum atomic E-state index is 0.257. The van der Waals surface area contributed by atoms with Gasteiger partial charge in [0.2, 0.25) is 0 Å². The van der Waals surface area contributed by atoms with Crippen LogP contribution in [0.3, 0.4) is 0 Å². The van der Waals surface area contributed by atoms with Crippen LogP contribution < -0.4 is 4.74 Å². The number of aryl methyl sites for hydroxylation is 2. The number of aromatic nitrogens is 4. The summed E-state index contributed by atoms with van der Waals surface area (Å²) in [6.07, 6.45) is 1.82. The highest BCUT2D eigenvalue weighted by Gasteiger charge is 2.29. The van der Waals surface area contributed by atoms with E-state index in [0.717, 1.165) is 43.3 Å². The van der Waals surface area contributed by atoms with Crippen LogP contribution in [0.15, 0.2) is 30.6 Å². The predicted molar refractivity (Wildman–Crippen MR) is 105 cm³/mol. The summed E-state index contributed by atoms with van der Waals surface area (Å²) in [4.78, 5) is 10.5. The van der Waals surface area contributed by atoms with Gasteiger partial charge in [0.05, 0.1) is 30.5 Å². The number of fused-ring (bicyclic) bond motifs is 1. The number of imidazole rings is 1. The van der Waals surface area contributed by atoms with Gasteiger partial charge in [0.15, 0.2) is 0 Å². The van der Waals surface area contributed by atoms with Gasteiger partial charge in [-0.15, -0.1) is 0 Å². The molecular formula is C21H27N5O. The summed E-state index contributed by atoms with van der Waals surface area (Å²) in [5.74, 6) is 1.14. The Bertz CT molecular complexity index is 925. The van der Waals surface area contributed by atoms with Crippen molar-refractivity contribution in [1.82, 2.24) is 24.6 Å². The van der Waals surface area contributed by atoms with E-state index in [1.165, 1.54) is 22.5 Å². The van der Waals surface area contributed by atoms with Gasteiger partial charge in [-0.05, 0) is 38.5 Å². The van der Waals surface area contributed by atoms with Gasteiger partial charge in [0, 0.05) is 43.4 Å². The topological polar surface area (TPSA) is 59.0 Å². The molecule has 6 heteroatoms. The summed E-state index contributed by atoms with van der Waals surface area (Å²) in [7, 11) is 1.70. The van der Waals surface area contributed by atoms with Crippen molar-refractivity contribution in [3.05, 3.63) is 64.5 Å². The molecule has 1 atom stereocenters. The number of ether oxygens (including phenoxy) is 1. The van der Waals surface area contributed by atoms with Gasteiger partial charge in [0.1, 0.15) is 5.75 Å². The number of hydrogen-bond acceptors (Lipinski definition) is 4. The molecule has 1 aliphatic heterocycles. The lowest BCUT2D eigenvalue weighted by molar-refractivity contribution is 0.227. The van der Waals surface area contributed by atoms with E-state index in [0.29, 0.717) is 0 Å². The highest BCUT2D eigenvalue weighted by molar-refractivity contribution is 5.37. The van der Waals surface area contributed by atoms with E-state index in [9.17, 15) is 0 Å². The summed E-state index contributed by atoms with van der Waals surface area (Å²) in [6.45, 7) is 10.1. The van der Waals surface area contributed by atoms with Crippen molar-refractivity contribution in [2.45, 2.75) is 46.3 Å². The van der Waals surface area contributed by atoms with Crippen molar-refractivity contribution in [2.75, 3.05) is 13.7 Å². The molecule has 27 heavy (non-hydrogen) atoms. The number of nitrogens with zero attached hydrogens (tertiary/aromatic N) is 4. The van der Waals surface area contributed by atoms with Crippen molar-refractivity contribution >= 4 is 0 Å². The maximum atomic E-state index is 5.31. The Labute approximate surface area is 160 Å². The van der Waals surface area contributed by atoms with Crippen LogP contribution in [0.2, 0.25) is 0 Å². The van der Waals surface area contributed by atoms with Crippen molar-refractivity contribution < 1.29 is 4.74 Å². The molecule has 0 spiro atoms. The number of H-pyrrole nitrogens is 1. The van der Waals surface area contributed by atoms with E-state index in [1.54, 1.807) is 7.11 Å². The van der Waals surface area contributed by atoms with Gasteiger partial charge in [-0.25, -0.2) is 4.98 Å². The molecule has 0 aliphatic carbocycles. The second-order valence-electron chi connectivity index (χ2n) is 7.23. The van der Waals surface area contributed by atoms with Crippen LogP contribution >= 0.6 is 0 Å². The summed E-state index contributed by atoms with van der Waals surface area (Å²) in [5.41, 5.74) is 7.38. The smallest absolute Gasteiger partial charge is 0.118 e. The van der Waals surface area contributed by atoms with Crippen molar-refractivity contribution in [3.8, 4) is 5.75 Å². The number of benzene rings is 1. The molecule has 3 heterocycles. The first-order chi connectivity index (χ1) is 13.1. The fourth-order valence-electron chi connectivity index (χ4n) is 4.11. The summed E-state index contributed by atoms with van der Waals surface area (Å²) in [5, 5.41) is 4.68. The fraction of sp³-hybridized carbons (Fsp3) is 0.429. The quantitative estimate of drug-likeness (QED) is 0.753. The Balaban J connectivity index is 1.62. The Kier molecular flexibility index (Phi) is 4.74. The first kappa shape index (κ1) is 17.8. The number of hydrogen-bond donors (Lipinski definition) is 1. The molecule has 3 aromatic rings. The Hall–Kier alpha value is -2.60. The van der Waals surface area contributed by atoms with Crippen LogP contribution in [0.25, 0.3) is 0 Å². The van der Waals surface area contributed by atoms with E-state index in [2.05, 4.69) is 57.6 Å². The molecule has 6 nitrogen and oxygen atoms in total. The third kappa shape index (κ3) is 3.25. The number of rotatable bonds is 5. The monoisotopic (exact) mass is 365 g/mol. The lowest BCUT2D eigenvalue weighted by atomic mass is 9.90. The zero-order valence-corrected chi connectivity index (χ0v) is 16.5. The molecule has 4 rings (SSSR count). The molecule has 1 aromatic carbocycles. The lowest BCUT2D eigenvalue weighted by Crippen LogP contribution is -2.34. The predicted octanol–water partition coefficient (Wildman–Crippen LogP) is 3.40. The van der Waals surface area contributed by atoms with E-state index in [-0.39, 0.29) is 5.92 Å². The lowest BCUT2D eigenvalue weighted by Gasteiger charge is -2.32.